The van der Waals surface area contributed by atoms with Crippen LogP contribution in [0.1, 0.15) is 34.6 Å². The molecule has 0 bridgehead atoms. The Morgan fingerprint density at radius 3 is 1.73 bits per heavy atom. The maximum atomic E-state index is 13.3. The molecule has 20 nitrogen and oxygen atoms in total. The Hall–Kier alpha value is -4.16. The Morgan fingerprint density at radius 2 is 1.18 bits per heavy atom. The quantitative estimate of drug-likeness (QED) is 0.0756. The van der Waals surface area contributed by atoms with Gasteiger partial charge in [-0.25, -0.2) is 9.59 Å². The standard InChI is InChI=1S/C36H44O20/c1-17(39)48-15-23-24(41)26(43)27(44)34(51-23)53-30-28(45)29(52-32(46)19-9-5-3-6-10-19)22(14-38)50-35(30)56-36(16-49-18(2)40)31(25(42)21(13-37)55-36)54-33(47)20-11-7-4-8-12-20/h3-12,21-31,34-35,37-38,41-45H,13-16H2,1-2H3/t21-,22-,23-,24-,25-,26+,27-,28+,29-,30-,31-,34+,35-,36+/m1/s1. The lowest BCUT2D eigenvalue weighted by molar-refractivity contribution is -0.407. The summed E-state index contributed by atoms with van der Waals surface area (Å²) in [6.07, 6.45) is -24.2. The molecule has 308 valence electrons. The number of hydrogen-bond donors (Lipinski definition) is 7. The van der Waals surface area contributed by atoms with Gasteiger partial charge in [0.05, 0.1) is 24.3 Å². The van der Waals surface area contributed by atoms with Gasteiger partial charge in [-0.3, -0.25) is 9.59 Å². The van der Waals surface area contributed by atoms with Gasteiger partial charge in [-0.2, -0.15) is 0 Å². The smallest absolute Gasteiger partial charge is 0.338 e. The second-order valence-corrected chi connectivity index (χ2v) is 13.1. The fraction of sp³-hybridized carbons (Fsp3) is 0.556. The molecule has 0 unspecified atom stereocenters. The van der Waals surface area contributed by atoms with Gasteiger partial charge in [0.15, 0.2) is 24.8 Å². The van der Waals surface area contributed by atoms with E-state index in [1.807, 2.05) is 0 Å². The van der Waals surface area contributed by atoms with Crippen molar-refractivity contribution >= 4 is 23.9 Å². The van der Waals surface area contributed by atoms with Crippen molar-refractivity contribution in [1.82, 2.24) is 0 Å². The summed E-state index contributed by atoms with van der Waals surface area (Å²) in [5.74, 6) is -6.26. The molecule has 2 aromatic rings. The molecule has 0 saturated carbocycles. The van der Waals surface area contributed by atoms with Gasteiger partial charge in [-0.15, -0.1) is 0 Å². The van der Waals surface area contributed by atoms with Gasteiger partial charge in [0, 0.05) is 13.8 Å². The zero-order valence-corrected chi connectivity index (χ0v) is 30.0. The number of aliphatic hydroxyl groups excluding tert-OH is 7. The summed E-state index contributed by atoms with van der Waals surface area (Å²) in [5.41, 5.74) is 0.0467. The van der Waals surface area contributed by atoms with Gasteiger partial charge < -0.3 is 78.4 Å². The number of hydrogen-bond acceptors (Lipinski definition) is 20. The normalized spacial score (nSPS) is 35.6. The highest BCUT2D eigenvalue weighted by Crippen LogP contribution is 2.40. The largest absolute Gasteiger partial charge is 0.463 e. The van der Waals surface area contributed by atoms with E-state index in [9.17, 15) is 54.9 Å². The number of aliphatic hydroxyl groups is 7. The molecule has 3 aliphatic rings. The number of benzene rings is 2. The van der Waals surface area contributed by atoms with Gasteiger partial charge in [0.2, 0.25) is 5.79 Å². The fourth-order valence-corrected chi connectivity index (χ4v) is 6.27. The van der Waals surface area contributed by atoms with E-state index in [2.05, 4.69) is 0 Å². The Bertz CT molecular complexity index is 1630. The zero-order chi connectivity index (χ0) is 40.7. The molecule has 0 aliphatic carbocycles. The van der Waals surface area contributed by atoms with Crippen LogP contribution in [0.3, 0.4) is 0 Å². The lowest BCUT2D eigenvalue weighted by atomic mass is 9.96. The van der Waals surface area contributed by atoms with Gasteiger partial charge in [-0.1, -0.05) is 36.4 Å². The van der Waals surface area contributed by atoms with Crippen molar-refractivity contribution in [1.29, 1.82) is 0 Å². The van der Waals surface area contributed by atoms with Crippen molar-refractivity contribution in [3.05, 3.63) is 71.8 Å². The number of carbonyl (C=O) groups excluding carboxylic acids is 4. The van der Waals surface area contributed by atoms with E-state index in [0.29, 0.717) is 0 Å². The van der Waals surface area contributed by atoms with Crippen molar-refractivity contribution in [3.63, 3.8) is 0 Å². The average Bonchev–Trinajstić information content (AvgIpc) is 3.45. The predicted molar refractivity (Wildman–Crippen MR) is 180 cm³/mol. The average molecular weight is 797 g/mol. The van der Waals surface area contributed by atoms with Crippen molar-refractivity contribution in [2.24, 2.45) is 0 Å². The minimum Gasteiger partial charge on any atom is -0.463 e. The van der Waals surface area contributed by atoms with E-state index in [0.717, 1.165) is 13.8 Å². The summed E-state index contributed by atoms with van der Waals surface area (Å²) in [7, 11) is 0. The highest BCUT2D eigenvalue weighted by molar-refractivity contribution is 5.90. The molecule has 3 heterocycles. The van der Waals surface area contributed by atoms with Crippen molar-refractivity contribution in [3.8, 4) is 0 Å². The third-order valence-corrected chi connectivity index (χ3v) is 9.15. The minimum atomic E-state index is -2.58. The summed E-state index contributed by atoms with van der Waals surface area (Å²) >= 11 is 0. The Morgan fingerprint density at radius 1 is 0.625 bits per heavy atom. The van der Waals surface area contributed by atoms with Crippen LogP contribution in [-0.2, 0) is 52.2 Å². The maximum absolute atomic E-state index is 13.3. The van der Waals surface area contributed by atoms with E-state index in [1.165, 1.54) is 48.5 Å². The first kappa shape index (κ1) is 43.0. The van der Waals surface area contributed by atoms with Crippen LogP contribution < -0.4 is 0 Å². The lowest BCUT2D eigenvalue weighted by Gasteiger charge is -2.48. The van der Waals surface area contributed by atoms with Crippen LogP contribution in [0.15, 0.2) is 60.7 Å². The van der Waals surface area contributed by atoms with Crippen molar-refractivity contribution in [2.75, 3.05) is 26.4 Å². The molecule has 0 radical (unpaired) electrons. The maximum Gasteiger partial charge on any atom is 0.338 e. The number of ether oxygens (including phenoxy) is 9. The molecule has 0 aromatic heterocycles. The third-order valence-electron chi connectivity index (χ3n) is 9.15. The first-order valence-corrected chi connectivity index (χ1v) is 17.4. The number of esters is 4. The van der Waals surface area contributed by atoms with Gasteiger partial charge in [0.1, 0.15) is 68.1 Å². The topological polar surface area (TPSA) is 293 Å². The molecule has 0 spiro atoms. The zero-order valence-electron chi connectivity index (χ0n) is 30.0. The van der Waals surface area contributed by atoms with E-state index in [-0.39, 0.29) is 11.1 Å². The summed E-state index contributed by atoms with van der Waals surface area (Å²) in [4.78, 5) is 50.1. The summed E-state index contributed by atoms with van der Waals surface area (Å²) in [5, 5.41) is 75.8. The van der Waals surface area contributed by atoms with E-state index >= 15 is 0 Å². The van der Waals surface area contributed by atoms with Gasteiger partial charge in [0.25, 0.3) is 0 Å². The molecular weight excluding hydrogens is 752 g/mol. The summed E-state index contributed by atoms with van der Waals surface area (Å²) in [6.45, 7) is -1.33. The SMILES string of the molecule is CC(=O)OC[C@H]1O[C@@H](O[C@H]2[C@@H](O[C@]3(COC(C)=O)O[C@H](CO)[C@@H](O)[C@H]3OC(=O)c3ccccc3)O[C@H](CO)[C@@H](OC(=O)c3ccccc3)[C@@H]2O)[C@H](O)[C@@H](O)[C@@H]1O. The van der Waals surface area contributed by atoms with E-state index < -0.39 is 136 Å². The van der Waals surface area contributed by atoms with E-state index in [4.69, 9.17) is 42.6 Å². The first-order valence-electron chi connectivity index (χ1n) is 17.4. The molecule has 3 saturated heterocycles. The van der Waals surface area contributed by atoms with Crippen LogP contribution >= 0.6 is 0 Å². The van der Waals surface area contributed by atoms with Gasteiger partial charge in [-0.05, 0) is 24.3 Å². The lowest BCUT2D eigenvalue weighted by Crippen LogP contribution is -2.67. The molecule has 7 N–H and O–H groups in total. The molecule has 56 heavy (non-hydrogen) atoms. The van der Waals surface area contributed by atoms with Crippen LogP contribution in [0.4, 0.5) is 0 Å². The van der Waals surface area contributed by atoms with Crippen LogP contribution in [0.25, 0.3) is 0 Å². The first-order chi connectivity index (χ1) is 26.7. The van der Waals surface area contributed by atoms with E-state index in [1.54, 1.807) is 12.1 Å². The Labute approximate surface area is 318 Å². The number of rotatable bonds is 14. The second kappa shape index (κ2) is 18.9. The molecule has 3 aliphatic heterocycles. The monoisotopic (exact) mass is 796 g/mol. The highest BCUT2D eigenvalue weighted by Gasteiger charge is 2.63. The fourth-order valence-electron chi connectivity index (χ4n) is 6.27. The van der Waals surface area contributed by atoms with Crippen LogP contribution in [0, 0.1) is 0 Å². The van der Waals surface area contributed by atoms with Gasteiger partial charge >= 0.3 is 23.9 Å². The molecule has 3 fully saturated rings. The molecule has 20 heteroatoms. The number of carbonyl (C=O) groups is 4. The minimum absolute atomic E-state index is 0.00925. The van der Waals surface area contributed by atoms with Crippen LogP contribution in [0.2, 0.25) is 0 Å². The van der Waals surface area contributed by atoms with Crippen LogP contribution in [0.5, 0.6) is 0 Å². The highest BCUT2D eigenvalue weighted by atomic mass is 16.8. The summed E-state index contributed by atoms with van der Waals surface area (Å²) < 4.78 is 50.9. The second-order valence-electron chi connectivity index (χ2n) is 13.1. The Balaban J connectivity index is 1.54. The molecule has 5 rings (SSSR count). The van der Waals surface area contributed by atoms with Crippen molar-refractivity contribution in [2.45, 2.75) is 99.4 Å². The molecule has 14 atom stereocenters. The Kier molecular flexibility index (Phi) is 14.5. The van der Waals surface area contributed by atoms with Crippen molar-refractivity contribution < 1.29 is 97.6 Å². The van der Waals surface area contributed by atoms with Crippen LogP contribution in [-0.4, -0.2) is 172 Å². The molecule has 2 aromatic carbocycles. The molecule has 0 amide bonds. The summed E-state index contributed by atoms with van der Waals surface area (Å²) in [6, 6.07) is 15.0. The molecular formula is C36H44O20. The predicted octanol–water partition coefficient (Wildman–Crippen LogP) is -2.70. The third kappa shape index (κ3) is 9.68.